The molecule has 4 rings (SSSR count). The Bertz CT molecular complexity index is 895. The standard InChI is InChI=1S/C18H19FN2O2S.C2H6/c1-2-21-8-7-20-11-16(21)12-3-5-14(6-4-12)24(22,23)17-10-13-9-15(13)18(17)19;1-2/h3-6,9-10,16,20H,2,7-8,11H2,1H3;1-2H3. The van der Waals surface area contributed by atoms with Crippen LogP contribution in [0.25, 0.3) is 11.1 Å². The molecule has 0 radical (unpaired) electrons. The number of fused-ring (bicyclic) bond motifs is 1. The van der Waals surface area contributed by atoms with Crippen LogP contribution in [-0.2, 0) is 9.84 Å². The Labute approximate surface area is 155 Å². The van der Waals surface area contributed by atoms with Gasteiger partial charge >= 0.3 is 0 Å². The first-order chi connectivity index (χ1) is 12.5. The van der Waals surface area contributed by atoms with E-state index < -0.39 is 15.7 Å². The molecule has 1 aliphatic heterocycles. The van der Waals surface area contributed by atoms with Gasteiger partial charge in [0, 0.05) is 31.2 Å². The Kier molecular flexibility index (Phi) is 5.46. The van der Waals surface area contributed by atoms with E-state index in [9.17, 15) is 12.8 Å². The number of nitrogens with zero attached hydrogens (tertiary/aromatic N) is 1. The highest BCUT2D eigenvalue weighted by molar-refractivity contribution is 7.91. The predicted octanol–water partition coefficient (Wildman–Crippen LogP) is 3.63. The van der Waals surface area contributed by atoms with E-state index in [1.807, 2.05) is 26.0 Å². The van der Waals surface area contributed by atoms with Crippen LogP contribution in [0.15, 0.2) is 46.2 Å². The second kappa shape index (κ2) is 7.47. The number of piperazine rings is 1. The monoisotopic (exact) mass is 376 g/mol. The molecule has 26 heavy (non-hydrogen) atoms. The SMILES string of the molecule is CC.CCN1CCNCC1c1ccc(S(=O)(=O)c2cc3cc-3c2F)cc1. The molecule has 4 nitrogen and oxygen atoms in total. The van der Waals surface area contributed by atoms with Crippen molar-refractivity contribution < 1.29 is 12.8 Å². The molecular formula is C20H25FN2O2S. The minimum absolute atomic E-state index is 0.141. The number of hydrogen-bond donors (Lipinski definition) is 1. The van der Waals surface area contributed by atoms with Gasteiger partial charge in [-0.2, -0.15) is 0 Å². The molecule has 6 heteroatoms. The van der Waals surface area contributed by atoms with Gasteiger partial charge in [0.15, 0.2) is 0 Å². The molecular weight excluding hydrogens is 351 g/mol. The normalized spacial score (nSPS) is 18.8. The smallest absolute Gasteiger partial charge is 0.209 e. The van der Waals surface area contributed by atoms with E-state index in [4.69, 9.17) is 0 Å². The minimum atomic E-state index is -3.80. The summed E-state index contributed by atoms with van der Waals surface area (Å²) in [7, 11) is -3.80. The summed E-state index contributed by atoms with van der Waals surface area (Å²) in [5, 5.41) is 3.37. The molecule has 1 fully saturated rings. The van der Waals surface area contributed by atoms with Crippen LogP contribution in [0.2, 0.25) is 0 Å². The first-order valence-corrected chi connectivity index (χ1v) is 10.6. The number of benzene rings is 2. The average Bonchev–Trinajstić information content (AvgIpc) is 3.39. The maximum atomic E-state index is 14.0. The number of nitrogens with one attached hydrogen (secondary N) is 1. The van der Waals surface area contributed by atoms with Crippen molar-refractivity contribution >= 4 is 9.84 Å². The molecule has 1 N–H and O–H groups in total. The summed E-state index contributed by atoms with van der Waals surface area (Å²) in [5.74, 6) is -0.622. The van der Waals surface area contributed by atoms with E-state index in [2.05, 4.69) is 17.1 Å². The van der Waals surface area contributed by atoms with Crippen LogP contribution < -0.4 is 5.32 Å². The fraction of sp³-hybridized carbons (Fsp3) is 0.400. The molecule has 1 unspecified atom stereocenters. The minimum Gasteiger partial charge on any atom is -0.314 e. The van der Waals surface area contributed by atoms with Gasteiger partial charge in [-0.1, -0.05) is 32.9 Å². The number of halogens is 1. The zero-order chi connectivity index (χ0) is 18.9. The van der Waals surface area contributed by atoms with E-state index in [0.717, 1.165) is 31.7 Å². The molecule has 0 aromatic heterocycles. The predicted molar refractivity (Wildman–Crippen MR) is 101 cm³/mol. The van der Waals surface area contributed by atoms with Gasteiger partial charge in [0.2, 0.25) is 9.84 Å². The third-order valence-electron chi connectivity index (χ3n) is 4.89. The largest absolute Gasteiger partial charge is 0.314 e. The van der Waals surface area contributed by atoms with Crippen LogP contribution in [0.5, 0.6) is 0 Å². The zero-order valence-electron chi connectivity index (χ0n) is 15.4. The Morgan fingerprint density at radius 3 is 2.46 bits per heavy atom. The molecule has 1 aromatic carbocycles. The lowest BCUT2D eigenvalue weighted by atomic mass is 10.0. The lowest BCUT2D eigenvalue weighted by molar-refractivity contribution is 0.171. The highest BCUT2D eigenvalue weighted by atomic mass is 32.2. The third-order valence-corrected chi connectivity index (χ3v) is 6.66. The lowest BCUT2D eigenvalue weighted by Gasteiger charge is -2.35. The topological polar surface area (TPSA) is 49.4 Å². The van der Waals surface area contributed by atoms with E-state index in [-0.39, 0.29) is 15.8 Å². The van der Waals surface area contributed by atoms with Gasteiger partial charge in [0.1, 0.15) is 10.7 Å². The summed E-state index contributed by atoms with van der Waals surface area (Å²) >= 11 is 0. The van der Waals surface area contributed by atoms with Crippen molar-refractivity contribution in [1.82, 2.24) is 10.2 Å². The summed E-state index contributed by atoms with van der Waals surface area (Å²) in [6.07, 6.45) is 0. The van der Waals surface area contributed by atoms with Crippen LogP contribution >= 0.6 is 0 Å². The van der Waals surface area contributed by atoms with Crippen molar-refractivity contribution in [3.05, 3.63) is 47.8 Å². The second-order valence-electron chi connectivity index (χ2n) is 6.26. The van der Waals surface area contributed by atoms with Crippen molar-refractivity contribution in [2.45, 2.75) is 36.6 Å². The zero-order valence-corrected chi connectivity index (χ0v) is 16.2. The summed E-state index contributed by atoms with van der Waals surface area (Å²) < 4.78 is 39.3. The van der Waals surface area contributed by atoms with Crippen molar-refractivity contribution in [1.29, 1.82) is 0 Å². The molecule has 1 saturated heterocycles. The number of hydrogen-bond acceptors (Lipinski definition) is 4. The first kappa shape index (κ1) is 19.0. The highest BCUT2D eigenvalue weighted by Crippen LogP contribution is 2.43. The molecule has 3 aliphatic rings. The van der Waals surface area contributed by atoms with Crippen LogP contribution in [0.1, 0.15) is 32.4 Å². The number of likely N-dealkylation sites (N-methyl/N-ethyl adjacent to an activating group) is 1. The van der Waals surface area contributed by atoms with E-state index in [0.29, 0.717) is 11.1 Å². The molecule has 0 amide bonds. The van der Waals surface area contributed by atoms with Crippen molar-refractivity contribution in [3.63, 3.8) is 0 Å². The van der Waals surface area contributed by atoms with Crippen LogP contribution in [0.4, 0.5) is 4.39 Å². The molecule has 2 aliphatic carbocycles. The molecule has 140 valence electrons. The third kappa shape index (κ3) is 3.29. The van der Waals surface area contributed by atoms with Gasteiger partial charge in [0.05, 0.1) is 4.90 Å². The first-order valence-electron chi connectivity index (χ1n) is 9.16. The summed E-state index contributed by atoms with van der Waals surface area (Å²) in [6.45, 7) is 9.86. The number of sulfone groups is 1. The maximum Gasteiger partial charge on any atom is 0.209 e. The number of rotatable bonds is 4. The molecule has 1 atom stereocenters. The molecule has 1 heterocycles. The van der Waals surface area contributed by atoms with Gasteiger partial charge in [-0.05, 0) is 41.9 Å². The highest BCUT2D eigenvalue weighted by Gasteiger charge is 2.32. The fourth-order valence-corrected chi connectivity index (χ4v) is 4.79. The van der Waals surface area contributed by atoms with E-state index in [1.165, 1.54) is 6.07 Å². The van der Waals surface area contributed by atoms with E-state index in [1.54, 1.807) is 18.2 Å². The van der Waals surface area contributed by atoms with Crippen molar-refractivity contribution in [2.75, 3.05) is 26.2 Å². The quantitative estimate of drug-likeness (QED) is 0.755. The molecule has 0 spiro atoms. The van der Waals surface area contributed by atoms with Gasteiger partial charge in [-0.25, -0.2) is 12.8 Å². The summed E-state index contributed by atoms with van der Waals surface area (Å²) in [6, 6.07) is 10.2. The second-order valence-corrected chi connectivity index (χ2v) is 8.18. The van der Waals surface area contributed by atoms with Crippen LogP contribution in [-0.4, -0.2) is 39.5 Å². The average molecular weight is 376 g/mol. The Morgan fingerprint density at radius 2 is 1.88 bits per heavy atom. The lowest BCUT2D eigenvalue weighted by Crippen LogP contribution is -2.45. The van der Waals surface area contributed by atoms with Gasteiger partial charge in [0.25, 0.3) is 0 Å². The molecule has 0 saturated carbocycles. The van der Waals surface area contributed by atoms with Gasteiger partial charge < -0.3 is 5.32 Å². The van der Waals surface area contributed by atoms with Crippen molar-refractivity contribution in [3.8, 4) is 11.1 Å². The van der Waals surface area contributed by atoms with E-state index >= 15 is 0 Å². The van der Waals surface area contributed by atoms with Crippen LogP contribution in [0, 0.1) is 5.82 Å². The Morgan fingerprint density at radius 1 is 1.19 bits per heavy atom. The molecule has 1 aromatic rings. The Balaban J connectivity index is 0.000000948. The van der Waals surface area contributed by atoms with Crippen molar-refractivity contribution in [2.24, 2.45) is 0 Å². The fourth-order valence-electron chi connectivity index (χ4n) is 3.41. The summed E-state index contributed by atoms with van der Waals surface area (Å²) in [5.41, 5.74) is 2.19. The Hall–Kier alpha value is -1.76. The maximum absolute atomic E-state index is 14.0. The summed E-state index contributed by atoms with van der Waals surface area (Å²) in [4.78, 5) is 2.29. The molecule has 0 bridgehead atoms. The van der Waals surface area contributed by atoms with Crippen LogP contribution in [0.3, 0.4) is 0 Å². The van der Waals surface area contributed by atoms with Gasteiger partial charge in [-0.3, -0.25) is 4.90 Å². The van der Waals surface area contributed by atoms with Gasteiger partial charge in [-0.15, -0.1) is 0 Å².